The lowest BCUT2D eigenvalue weighted by atomic mass is 9.99. The Bertz CT molecular complexity index is 380. The topological polar surface area (TPSA) is 24.5 Å². The molecular formula is C17H28N2O. The molecule has 0 bridgehead atoms. The summed E-state index contributed by atoms with van der Waals surface area (Å²) in [5, 5.41) is 3.49. The lowest BCUT2D eigenvalue weighted by molar-refractivity contribution is 0.199. The largest absolute Gasteiger partial charge is 0.491 e. The molecule has 1 aromatic carbocycles. The first kappa shape index (κ1) is 15.2. The van der Waals surface area contributed by atoms with Crippen molar-refractivity contribution in [3.8, 4) is 5.75 Å². The minimum absolute atomic E-state index is 0.232. The molecule has 0 atom stereocenters. The van der Waals surface area contributed by atoms with E-state index in [1.807, 2.05) is 26.0 Å². The fourth-order valence-electron chi connectivity index (χ4n) is 2.57. The molecule has 3 nitrogen and oxygen atoms in total. The first-order valence-electron chi connectivity index (χ1n) is 7.86. The summed E-state index contributed by atoms with van der Waals surface area (Å²) in [7, 11) is 0. The predicted octanol–water partition coefficient (Wildman–Crippen LogP) is 3.62. The summed E-state index contributed by atoms with van der Waals surface area (Å²) >= 11 is 0. The third kappa shape index (κ3) is 5.04. The molecule has 0 unspecified atom stereocenters. The van der Waals surface area contributed by atoms with Crippen molar-refractivity contribution in [1.82, 2.24) is 4.90 Å². The molecule has 1 aliphatic rings. The van der Waals surface area contributed by atoms with E-state index in [1.54, 1.807) is 0 Å². The van der Waals surface area contributed by atoms with Crippen LogP contribution in [0.4, 0.5) is 5.69 Å². The van der Waals surface area contributed by atoms with Gasteiger partial charge in [0.25, 0.3) is 0 Å². The molecular weight excluding hydrogens is 248 g/mol. The molecule has 1 aliphatic heterocycles. The fourth-order valence-corrected chi connectivity index (χ4v) is 2.57. The highest BCUT2D eigenvalue weighted by Crippen LogP contribution is 2.17. The SMILES string of the molecule is CC1CCN(CCNc2ccc(OC(C)C)cc2)CC1. The van der Waals surface area contributed by atoms with Gasteiger partial charge in [-0.1, -0.05) is 6.92 Å². The smallest absolute Gasteiger partial charge is 0.119 e. The van der Waals surface area contributed by atoms with Crippen LogP contribution in [0.25, 0.3) is 0 Å². The van der Waals surface area contributed by atoms with Crippen molar-refractivity contribution < 1.29 is 4.74 Å². The van der Waals surface area contributed by atoms with Crippen LogP contribution in [0.3, 0.4) is 0 Å². The normalized spacial score (nSPS) is 17.4. The Morgan fingerprint density at radius 2 is 1.85 bits per heavy atom. The molecule has 2 rings (SSSR count). The zero-order valence-corrected chi connectivity index (χ0v) is 13.1. The minimum Gasteiger partial charge on any atom is -0.491 e. The van der Waals surface area contributed by atoms with Crippen molar-refractivity contribution in [2.45, 2.75) is 39.7 Å². The monoisotopic (exact) mass is 276 g/mol. The first-order valence-corrected chi connectivity index (χ1v) is 7.86. The molecule has 1 heterocycles. The van der Waals surface area contributed by atoms with Gasteiger partial charge < -0.3 is 15.0 Å². The van der Waals surface area contributed by atoms with Crippen molar-refractivity contribution in [2.75, 3.05) is 31.5 Å². The third-order valence-electron chi connectivity index (χ3n) is 3.86. The average molecular weight is 276 g/mol. The van der Waals surface area contributed by atoms with E-state index in [0.717, 1.165) is 24.8 Å². The van der Waals surface area contributed by atoms with Gasteiger partial charge in [0.05, 0.1) is 6.10 Å². The van der Waals surface area contributed by atoms with Crippen molar-refractivity contribution in [3.05, 3.63) is 24.3 Å². The van der Waals surface area contributed by atoms with Gasteiger partial charge >= 0.3 is 0 Å². The molecule has 112 valence electrons. The Morgan fingerprint density at radius 3 is 2.45 bits per heavy atom. The highest BCUT2D eigenvalue weighted by Gasteiger charge is 2.14. The van der Waals surface area contributed by atoms with E-state index in [4.69, 9.17) is 4.74 Å². The first-order chi connectivity index (χ1) is 9.63. The number of nitrogens with zero attached hydrogens (tertiary/aromatic N) is 1. The van der Waals surface area contributed by atoms with Crippen LogP contribution < -0.4 is 10.1 Å². The summed E-state index contributed by atoms with van der Waals surface area (Å²) in [5.41, 5.74) is 1.17. The standard InChI is InChI=1S/C17H28N2O/c1-14(2)20-17-6-4-16(5-7-17)18-10-13-19-11-8-15(3)9-12-19/h4-7,14-15,18H,8-13H2,1-3H3. The summed E-state index contributed by atoms with van der Waals surface area (Å²) < 4.78 is 5.64. The van der Waals surface area contributed by atoms with E-state index >= 15 is 0 Å². The Labute approximate surface area is 123 Å². The molecule has 0 radical (unpaired) electrons. The second kappa shape index (κ2) is 7.53. The summed E-state index contributed by atoms with van der Waals surface area (Å²) in [6, 6.07) is 8.25. The van der Waals surface area contributed by atoms with E-state index in [9.17, 15) is 0 Å². The maximum Gasteiger partial charge on any atom is 0.119 e. The zero-order valence-electron chi connectivity index (χ0n) is 13.1. The number of ether oxygens (including phenoxy) is 1. The molecule has 1 saturated heterocycles. The van der Waals surface area contributed by atoms with Crippen molar-refractivity contribution in [1.29, 1.82) is 0 Å². The highest BCUT2D eigenvalue weighted by atomic mass is 16.5. The van der Waals surface area contributed by atoms with Crippen molar-refractivity contribution >= 4 is 5.69 Å². The van der Waals surface area contributed by atoms with E-state index in [0.29, 0.717) is 0 Å². The van der Waals surface area contributed by atoms with Gasteiger partial charge in [0.1, 0.15) is 5.75 Å². The number of benzene rings is 1. The summed E-state index contributed by atoms with van der Waals surface area (Å²) in [4.78, 5) is 2.56. The van der Waals surface area contributed by atoms with Gasteiger partial charge in [0.2, 0.25) is 0 Å². The molecule has 0 spiro atoms. The molecule has 0 saturated carbocycles. The van der Waals surface area contributed by atoms with E-state index in [2.05, 4.69) is 29.3 Å². The number of hydrogen-bond donors (Lipinski definition) is 1. The zero-order chi connectivity index (χ0) is 14.4. The molecule has 1 aromatic rings. The molecule has 0 aromatic heterocycles. The van der Waals surface area contributed by atoms with Crippen LogP contribution in [-0.2, 0) is 0 Å². The Morgan fingerprint density at radius 1 is 1.20 bits per heavy atom. The van der Waals surface area contributed by atoms with Gasteiger partial charge in [-0.05, 0) is 70.0 Å². The Kier molecular flexibility index (Phi) is 5.72. The van der Waals surface area contributed by atoms with Gasteiger partial charge in [-0.25, -0.2) is 0 Å². The van der Waals surface area contributed by atoms with E-state index in [1.165, 1.54) is 31.6 Å². The number of likely N-dealkylation sites (tertiary alicyclic amines) is 1. The number of anilines is 1. The fraction of sp³-hybridized carbons (Fsp3) is 0.647. The van der Waals surface area contributed by atoms with Gasteiger partial charge in [0, 0.05) is 18.8 Å². The lowest BCUT2D eigenvalue weighted by Crippen LogP contribution is -2.36. The second-order valence-corrected chi connectivity index (χ2v) is 6.14. The average Bonchev–Trinajstić information content (AvgIpc) is 2.42. The second-order valence-electron chi connectivity index (χ2n) is 6.14. The quantitative estimate of drug-likeness (QED) is 0.859. The summed E-state index contributed by atoms with van der Waals surface area (Å²) in [5.74, 6) is 1.85. The summed E-state index contributed by atoms with van der Waals surface area (Å²) in [6.07, 6.45) is 2.93. The van der Waals surface area contributed by atoms with Crippen LogP contribution >= 0.6 is 0 Å². The number of rotatable bonds is 6. The molecule has 20 heavy (non-hydrogen) atoms. The van der Waals surface area contributed by atoms with E-state index in [-0.39, 0.29) is 6.10 Å². The Balaban J connectivity index is 1.69. The van der Waals surface area contributed by atoms with Crippen LogP contribution in [0.5, 0.6) is 5.75 Å². The van der Waals surface area contributed by atoms with Crippen LogP contribution in [0.1, 0.15) is 33.6 Å². The number of piperidine rings is 1. The van der Waals surface area contributed by atoms with Gasteiger partial charge in [0.15, 0.2) is 0 Å². The maximum absolute atomic E-state index is 5.64. The summed E-state index contributed by atoms with van der Waals surface area (Å²) in [6.45, 7) is 11.1. The number of hydrogen-bond acceptors (Lipinski definition) is 3. The predicted molar refractivity (Wildman–Crippen MR) is 85.5 cm³/mol. The van der Waals surface area contributed by atoms with Gasteiger partial charge in [-0.2, -0.15) is 0 Å². The van der Waals surface area contributed by atoms with E-state index < -0.39 is 0 Å². The maximum atomic E-state index is 5.64. The van der Waals surface area contributed by atoms with Crippen molar-refractivity contribution in [2.24, 2.45) is 5.92 Å². The Hall–Kier alpha value is -1.22. The van der Waals surface area contributed by atoms with Crippen molar-refractivity contribution in [3.63, 3.8) is 0 Å². The number of nitrogens with one attached hydrogen (secondary N) is 1. The van der Waals surface area contributed by atoms with Gasteiger partial charge in [-0.15, -0.1) is 0 Å². The highest BCUT2D eigenvalue weighted by molar-refractivity contribution is 5.46. The van der Waals surface area contributed by atoms with Gasteiger partial charge in [-0.3, -0.25) is 0 Å². The van der Waals surface area contributed by atoms with Crippen LogP contribution in [-0.4, -0.2) is 37.2 Å². The molecule has 3 heteroatoms. The van der Waals surface area contributed by atoms with Crippen LogP contribution in [0.2, 0.25) is 0 Å². The molecule has 0 aliphatic carbocycles. The molecule has 0 amide bonds. The molecule has 1 N–H and O–H groups in total. The van der Waals surface area contributed by atoms with Crippen LogP contribution in [0, 0.1) is 5.92 Å². The lowest BCUT2D eigenvalue weighted by Gasteiger charge is -2.30. The minimum atomic E-state index is 0.232. The molecule has 1 fully saturated rings. The van der Waals surface area contributed by atoms with Crippen LogP contribution in [0.15, 0.2) is 24.3 Å². The third-order valence-corrected chi connectivity index (χ3v) is 3.86.